The number of hydrogen-bond donors (Lipinski definition) is 1. The third-order valence-corrected chi connectivity index (χ3v) is 2.18. The van der Waals surface area contributed by atoms with Gasteiger partial charge in [0.25, 0.3) is 0 Å². The summed E-state index contributed by atoms with van der Waals surface area (Å²) in [6.07, 6.45) is 2.78. The Hall–Kier alpha value is -2.89. The van der Waals surface area contributed by atoms with E-state index in [0.29, 0.717) is 35.5 Å². The number of nitrogens with one attached hydrogen (secondary N) is 1. The van der Waals surface area contributed by atoms with Crippen molar-refractivity contribution in [3.05, 3.63) is 53.5 Å². The lowest BCUT2D eigenvalue weighted by Gasteiger charge is -1.99. The van der Waals surface area contributed by atoms with Crippen molar-refractivity contribution >= 4 is 24.6 Å². The first kappa shape index (κ1) is 12.6. The summed E-state index contributed by atoms with van der Waals surface area (Å²) in [6.45, 7) is 0. The third-order valence-electron chi connectivity index (χ3n) is 2.18. The van der Waals surface area contributed by atoms with Gasteiger partial charge in [0.15, 0.2) is 12.6 Å². The molecule has 94 valence electrons. The monoisotopic (exact) mass is 254 g/mol. The smallest absolute Gasteiger partial charge is 0.168 e. The lowest BCUT2D eigenvalue weighted by molar-refractivity contribution is 0.111. The lowest BCUT2D eigenvalue weighted by atomic mass is 10.3. The molecule has 0 spiro atoms. The Kier molecular flexibility index (Phi) is 4.07. The quantitative estimate of drug-likeness (QED) is 0.497. The van der Waals surface area contributed by atoms with E-state index in [9.17, 15) is 9.59 Å². The summed E-state index contributed by atoms with van der Waals surface area (Å²) in [6, 6.07) is 10.0. The van der Waals surface area contributed by atoms with E-state index in [0.717, 1.165) is 0 Å². The van der Waals surface area contributed by atoms with Crippen LogP contribution >= 0.6 is 0 Å². The van der Waals surface area contributed by atoms with Crippen LogP contribution in [0.1, 0.15) is 26.7 Å². The topological polar surface area (TPSA) is 84.3 Å². The van der Waals surface area contributed by atoms with Gasteiger partial charge in [0.05, 0.1) is 11.9 Å². The first-order chi connectivity index (χ1) is 9.31. The first-order valence-electron chi connectivity index (χ1n) is 5.45. The molecule has 0 aliphatic heterocycles. The Balaban J connectivity index is 2.06. The molecular weight excluding hydrogens is 244 g/mol. The minimum Gasteiger partial charge on any atom is -0.296 e. The number of rotatable bonds is 5. The average molecular weight is 254 g/mol. The highest BCUT2D eigenvalue weighted by molar-refractivity contribution is 5.80. The Morgan fingerprint density at radius 1 is 0.895 bits per heavy atom. The van der Waals surface area contributed by atoms with E-state index in [2.05, 4.69) is 20.5 Å². The molecule has 2 aromatic heterocycles. The van der Waals surface area contributed by atoms with Crippen molar-refractivity contribution in [1.82, 2.24) is 9.97 Å². The Morgan fingerprint density at radius 2 is 1.53 bits per heavy atom. The Labute approximate surface area is 109 Å². The molecule has 0 unspecified atom stereocenters. The number of pyridine rings is 2. The molecule has 0 saturated heterocycles. The molecule has 2 rings (SSSR count). The second kappa shape index (κ2) is 6.15. The highest BCUT2D eigenvalue weighted by atomic mass is 16.1. The summed E-state index contributed by atoms with van der Waals surface area (Å²) in [5, 5.41) is 3.93. The number of aldehydes is 2. The highest BCUT2D eigenvalue weighted by Gasteiger charge is 1.95. The summed E-state index contributed by atoms with van der Waals surface area (Å²) in [4.78, 5) is 29.1. The van der Waals surface area contributed by atoms with Crippen LogP contribution in [0.5, 0.6) is 0 Å². The van der Waals surface area contributed by atoms with Gasteiger partial charge in [-0.15, -0.1) is 0 Å². The molecule has 2 heterocycles. The summed E-state index contributed by atoms with van der Waals surface area (Å²) < 4.78 is 0. The summed E-state index contributed by atoms with van der Waals surface area (Å²) >= 11 is 0. The molecule has 0 aliphatic rings. The maximum atomic E-state index is 10.6. The molecule has 0 atom stereocenters. The van der Waals surface area contributed by atoms with Gasteiger partial charge in [-0.2, -0.15) is 5.10 Å². The van der Waals surface area contributed by atoms with E-state index >= 15 is 0 Å². The van der Waals surface area contributed by atoms with Gasteiger partial charge in [0.1, 0.15) is 17.2 Å². The number of anilines is 1. The molecule has 0 amide bonds. The first-order valence-corrected chi connectivity index (χ1v) is 5.45. The van der Waals surface area contributed by atoms with Gasteiger partial charge in [-0.1, -0.05) is 12.1 Å². The molecule has 0 radical (unpaired) electrons. The van der Waals surface area contributed by atoms with Gasteiger partial charge in [-0.3, -0.25) is 15.0 Å². The Morgan fingerprint density at radius 3 is 2.26 bits per heavy atom. The molecule has 0 saturated carbocycles. The predicted molar refractivity (Wildman–Crippen MR) is 70.5 cm³/mol. The lowest BCUT2D eigenvalue weighted by Crippen LogP contribution is -1.97. The van der Waals surface area contributed by atoms with Crippen LogP contribution in [0, 0.1) is 0 Å². The van der Waals surface area contributed by atoms with Crippen LogP contribution < -0.4 is 5.43 Å². The molecule has 6 heteroatoms. The number of carbonyl (C=O) groups excluding carboxylic acids is 2. The molecule has 0 aliphatic carbocycles. The Bertz CT molecular complexity index is 626. The minimum absolute atomic E-state index is 0.321. The van der Waals surface area contributed by atoms with Gasteiger partial charge >= 0.3 is 0 Å². The van der Waals surface area contributed by atoms with Gasteiger partial charge in [-0.25, -0.2) is 9.97 Å². The second-order valence-corrected chi connectivity index (χ2v) is 3.54. The highest BCUT2D eigenvalue weighted by Crippen LogP contribution is 2.03. The molecule has 6 nitrogen and oxygen atoms in total. The SMILES string of the molecule is O=Cc1cccc(/C=N/Nc2cccc(C=O)n2)n1. The molecule has 0 fully saturated rings. The fraction of sp³-hybridized carbons (Fsp3) is 0. The maximum absolute atomic E-state index is 10.6. The van der Waals surface area contributed by atoms with Crippen LogP contribution in [-0.4, -0.2) is 28.8 Å². The van der Waals surface area contributed by atoms with E-state index in [-0.39, 0.29) is 0 Å². The van der Waals surface area contributed by atoms with Crippen molar-refractivity contribution in [3.63, 3.8) is 0 Å². The third kappa shape index (κ3) is 3.53. The van der Waals surface area contributed by atoms with Crippen molar-refractivity contribution in [2.45, 2.75) is 0 Å². The molecular formula is C13H10N4O2. The molecule has 0 bridgehead atoms. The van der Waals surface area contributed by atoms with Crippen molar-refractivity contribution in [1.29, 1.82) is 0 Å². The fourth-order valence-electron chi connectivity index (χ4n) is 1.35. The normalized spacial score (nSPS) is 10.3. The van der Waals surface area contributed by atoms with Crippen LogP contribution in [-0.2, 0) is 0 Å². The zero-order chi connectivity index (χ0) is 13.5. The van der Waals surface area contributed by atoms with Crippen LogP contribution in [0.2, 0.25) is 0 Å². The summed E-state index contributed by atoms with van der Waals surface area (Å²) in [7, 11) is 0. The zero-order valence-corrected chi connectivity index (χ0v) is 9.85. The summed E-state index contributed by atoms with van der Waals surface area (Å²) in [5.74, 6) is 0.451. The zero-order valence-electron chi connectivity index (χ0n) is 9.85. The minimum atomic E-state index is 0.321. The number of hydrogen-bond acceptors (Lipinski definition) is 6. The fourth-order valence-corrected chi connectivity index (χ4v) is 1.35. The summed E-state index contributed by atoms with van der Waals surface area (Å²) in [5.41, 5.74) is 3.88. The van der Waals surface area contributed by atoms with Crippen LogP contribution in [0.15, 0.2) is 41.5 Å². The van der Waals surface area contributed by atoms with Gasteiger partial charge in [-0.05, 0) is 24.3 Å². The largest absolute Gasteiger partial charge is 0.296 e. The second-order valence-electron chi connectivity index (χ2n) is 3.54. The predicted octanol–water partition coefficient (Wildman–Crippen LogP) is 1.55. The molecule has 2 aromatic rings. The van der Waals surface area contributed by atoms with Gasteiger partial charge in [0.2, 0.25) is 0 Å². The number of carbonyl (C=O) groups is 2. The van der Waals surface area contributed by atoms with Gasteiger partial charge in [0, 0.05) is 0 Å². The molecule has 0 aromatic carbocycles. The average Bonchev–Trinajstić information content (AvgIpc) is 2.48. The van der Waals surface area contributed by atoms with E-state index < -0.39 is 0 Å². The number of hydrazone groups is 1. The maximum Gasteiger partial charge on any atom is 0.168 e. The van der Waals surface area contributed by atoms with E-state index in [4.69, 9.17) is 0 Å². The van der Waals surface area contributed by atoms with Crippen molar-refractivity contribution in [2.75, 3.05) is 5.43 Å². The number of nitrogens with zero attached hydrogens (tertiary/aromatic N) is 3. The van der Waals surface area contributed by atoms with E-state index in [1.807, 2.05) is 0 Å². The van der Waals surface area contributed by atoms with Crippen molar-refractivity contribution in [3.8, 4) is 0 Å². The molecule has 19 heavy (non-hydrogen) atoms. The van der Waals surface area contributed by atoms with Crippen molar-refractivity contribution in [2.24, 2.45) is 5.10 Å². The van der Waals surface area contributed by atoms with Crippen molar-refractivity contribution < 1.29 is 9.59 Å². The van der Waals surface area contributed by atoms with E-state index in [1.54, 1.807) is 36.4 Å². The standard InChI is InChI=1S/C13H10N4O2/c18-8-11-4-1-3-10(15-11)7-14-17-13-6-2-5-12(9-19)16-13/h1-9H,(H,16,17)/b14-7+. The van der Waals surface area contributed by atoms with Crippen LogP contribution in [0.25, 0.3) is 0 Å². The van der Waals surface area contributed by atoms with Gasteiger partial charge < -0.3 is 0 Å². The molecule has 1 N–H and O–H groups in total. The van der Waals surface area contributed by atoms with Crippen LogP contribution in [0.4, 0.5) is 5.82 Å². The van der Waals surface area contributed by atoms with E-state index in [1.165, 1.54) is 6.21 Å². The number of aromatic nitrogens is 2. The van der Waals surface area contributed by atoms with Crippen LogP contribution in [0.3, 0.4) is 0 Å².